The van der Waals surface area contributed by atoms with Gasteiger partial charge in [0.2, 0.25) is 11.0 Å². The van der Waals surface area contributed by atoms with Crippen molar-refractivity contribution in [2.75, 3.05) is 18.4 Å². The van der Waals surface area contributed by atoms with Gasteiger partial charge in [-0.3, -0.25) is 10.1 Å². The second-order valence-corrected chi connectivity index (χ2v) is 3.34. The van der Waals surface area contributed by atoms with E-state index in [1.807, 2.05) is 5.32 Å². The molecule has 0 saturated heterocycles. The highest BCUT2D eigenvalue weighted by Crippen LogP contribution is 2.12. The molecular formula is C6H7F3N4OS. The van der Waals surface area contributed by atoms with Gasteiger partial charge >= 0.3 is 6.18 Å². The fourth-order valence-corrected chi connectivity index (χ4v) is 1.17. The summed E-state index contributed by atoms with van der Waals surface area (Å²) in [4.78, 5) is 11.0. The Morgan fingerprint density at radius 2 is 2.27 bits per heavy atom. The van der Waals surface area contributed by atoms with E-state index in [0.717, 1.165) is 11.3 Å². The van der Waals surface area contributed by atoms with Gasteiger partial charge in [0.1, 0.15) is 5.51 Å². The molecule has 1 aromatic heterocycles. The summed E-state index contributed by atoms with van der Waals surface area (Å²) < 4.78 is 35.0. The van der Waals surface area contributed by atoms with Crippen LogP contribution < -0.4 is 10.6 Å². The van der Waals surface area contributed by atoms with Crippen LogP contribution in [-0.4, -0.2) is 35.4 Å². The number of aromatic nitrogens is 2. The third-order valence-corrected chi connectivity index (χ3v) is 1.82. The highest BCUT2D eigenvalue weighted by atomic mass is 32.1. The molecule has 0 bridgehead atoms. The molecule has 0 atom stereocenters. The van der Waals surface area contributed by atoms with Crippen molar-refractivity contribution < 1.29 is 18.0 Å². The van der Waals surface area contributed by atoms with Gasteiger partial charge in [-0.1, -0.05) is 11.3 Å². The summed E-state index contributed by atoms with van der Waals surface area (Å²) in [5, 5.41) is 11.4. The van der Waals surface area contributed by atoms with Crippen LogP contribution >= 0.6 is 11.3 Å². The predicted octanol–water partition coefficient (Wildman–Crippen LogP) is 0.629. The van der Waals surface area contributed by atoms with Crippen molar-refractivity contribution in [3.05, 3.63) is 5.51 Å². The predicted molar refractivity (Wildman–Crippen MR) is 47.5 cm³/mol. The van der Waals surface area contributed by atoms with E-state index < -0.39 is 25.2 Å². The summed E-state index contributed by atoms with van der Waals surface area (Å²) in [5.74, 6) is -0.587. The van der Waals surface area contributed by atoms with E-state index in [1.54, 1.807) is 0 Å². The molecule has 15 heavy (non-hydrogen) atoms. The lowest BCUT2D eigenvalue weighted by Gasteiger charge is -2.07. The number of hydrogen-bond donors (Lipinski definition) is 2. The fraction of sp³-hybridized carbons (Fsp3) is 0.500. The van der Waals surface area contributed by atoms with Gasteiger partial charge < -0.3 is 5.32 Å². The first-order valence-corrected chi connectivity index (χ1v) is 4.69. The van der Waals surface area contributed by atoms with E-state index in [4.69, 9.17) is 0 Å². The van der Waals surface area contributed by atoms with Gasteiger partial charge in [0, 0.05) is 0 Å². The molecular weight excluding hydrogens is 233 g/mol. The minimum absolute atomic E-state index is 0.258. The summed E-state index contributed by atoms with van der Waals surface area (Å²) in [7, 11) is 0. The molecule has 0 radical (unpaired) electrons. The lowest BCUT2D eigenvalue weighted by atomic mass is 10.5. The van der Waals surface area contributed by atoms with Crippen molar-refractivity contribution in [1.29, 1.82) is 0 Å². The summed E-state index contributed by atoms with van der Waals surface area (Å²) in [5.41, 5.74) is 1.40. The molecule has 1 aromatic rings. The first kappa shape index (κ1) is 11.9. The number of hydrogen-bond acceptors (Lipinski definition) is 5. The fourth-order valence-electron chi connectivity index (χ4n) is 0.709. The Bertz CT molecular complexity index is 313. The van der Waals surface area contributed by atoms with Crippen molar-refractivity contribution in [3.63, 3.8) is 0 Å². The summed E-state index contributed by atoms with van der Waals surface area (Å²) in [6.45, 7) is -1.62. The number of amides is 1. The first-order chi connectivity index (χ1) is 6.97. The average molecular weight is 240 g/mol. The normalized spacial score (nSPS) is 11.4. The molecule has 0 aliphatic rings. The largest absolute Gasteiger partial charge is 0.401 e. The van der Waals surface area contributed by atoms with Crippen LogP contribution in [0.3, 0.4) is 0 Å². The van der Waals surface area contributed by atoms with E-state index in [-0.39, 0.29) is 5.13 Å². The molecule has 2 N–H and O–H groups in total. The molecule has 1 amide bonds. The topological polar surface area (TPSA) is 66.9 Å². The van der Waals surface area contributed by atoms with Gasteiger partial charge in [0.15, 0.2) is 0 Å². The van der Waals surface area contributed by atoms with Crippen LogP contribution in [0.5, 0.6) is 0 Å². The number of carbonyl (C=O) groups is 1. The van der Waals surface area contributed by atoms with Gasteiger partial charge in [-0.05, 0) is 0 Å². The Balaban J connectivity index is 2.20. The number of halogens is 3. The minimum Gasteiger partial charge on any atom is -0.300 e. The van der Waals surface area contributed by atoms with E-state index in [9.17, 15) is 18.0 Å². The van der Waals surface area contributed by atoms with Crippen molar-refractivity contribution in [3.8, 4) is 0 Å². The molecule has 0 aliphatic carbocycles. The third-order valence-electron chi connectivity index (χ3n) is 1.22. The lowest BCUT2D eigenvalue weighted by Crippen LogP contribution is -2.35. The Morgan fingerprint density at radius 1 is 1.53 bits per heavy atom. The Labute approximate surface area is 86.7 Å². The van der Waals surface area contributed by atoms with Gasteiger partial charge in [-0.2, -0.15) is 13.2 Å². The lowest BCUT2D eigenvalue weighted by molar-refractivity contribution is -0.126. The molecule has 1 heterocycles. The molecule has 0 aliphatic heterocycles. The Morgan fingerprint density at radius 3 is 2.80 bits per heavy atom. The van der Waals surface area contributed by atoms with E-state index >= 15 is 0 Å². The zero-order chi connectivity index (χ0) is 11.3. The maximum atomic E-state index is 11.7. The van der Waals surface area contributed by atoms with Crippen LogP contribution in [0.1, 0.15) is 0 Å². The smallest absolute Gasteiger partial charge is 0.300 e. The van der Waals surface area contributed by atoms with Crippen molar-refractivity contribution in [2.24, 2.45) is 0 Å². The second-order valence-electron chi connectivity index (χ2n) is 2.51. The van der Waals surface area contributed by atoms with Crippen LogP contribution in [0.15, 0.2) is 5.51 Å². The molecule has 0 unspecified atom stereocenters. The van der Waals surface area contributed by atoms with E-state index in [2.05, 4.69) is 15.5 Å². The van der Waals surface area contributed by atoms with Gasteiger partial charge in [-0.25, -0.2) is 0 Å². The number of rotatable bonds is 4. The number of nitrogens with zero attached hydrogens (tertiary/aromatic N) is 2. The zero-order valence-electron chi connectivity index (χ0n) is 7.34. The Kier molecular flexibility index (Phi) is 3.97. The minimum atomic E-state index is -4.32. The molecule has 0 fully saturated rings. The SMILES string of the molecule is O=C(CNCC(F)(F)F)Nc1nncs1. The highest BCUT2D eigenvalue weighted by molar-refractivity contribution is 7.13. The van der Waals surface area contributed by atoms with Gasteiger partial charge in [0.05, 0.1) is 13.1 Å². The Hall–Kier alpha value is -1.22. The molecule has 0 saturated carbocycles. The second kappa shape index (κ2) is 5.03. The number of alkyl halides is 3. The van der Waals surface area contributed by atoms with Crippen LogP contribution in [0.2, 0.25) is 0 Å². The monoisotopic (exact) mass is 240 g/mol. The number of anilines is 1. The maximum Gasteiger partial charge on any atom is 0.401 e. The first-order valence-electron chi connectivity index (χ1n) is 3.81. The number of carbonyl (C=O) groups excluding carboxylic acids is 1. The zero-order valence-corrected chi connectivity index (χ0v) is 8.15. The maximum absolute atomic E-state index is 11.7. The molecule has 0 spiro atoms. The highest BCUT2D eigenvalue weighted by Gasteiger charge is 2.26. The van der Waals surface area contributed by atoms with Crippen LogP contribution in [0.25, 0.3) is 0 Å². The number of nitrogens with one attached hydrogen (secondary N) is 2. The van der Waals surface area contributed by atoms with Gasteiger partial charge in [0.25, 0.3) is 0 Å². The quantitative estimate of drug-likeness (QED) is 0.810. The molecule has 9 heteroatoms. The molecule has 0 aromatic carbocycles. The van der Waals surface area contributed by atoms with Crippen molar-refractivity contribution in [1.82, 2.24) is 15.5 Å². The third kappa shape index (κ3) is 5.27. The summed E-state index contributed by atoms with van der Waals surface area (Å²) in [6.07, 6.45) is -4.32. The summed E-state index contributed by atoms with van der Waals surface area (Å²) in [6, 6.07) is 0. The molecule has 5 nitrogen and oxygen atoms in total. The van der Waals surface area contributed by atoms with Gasteiger partial charge in [-0.15, -0.1) is 10.2 Å². The van der Waals surface area contributed by atoms with E-state index in [1.165, 1.54) is 5.51 Å². The summed E-state index contributed by atoms with van der Waals surface area (Å²) >= 11 is 1.09. The van der Waals surface area contributed by atoms with Crippen LogP contribution in [0.4, 0.5) is 18.3 Å². The van der Waals surface area contributed by atoms with Crippen LogP contribution in [0, 0.1) is 0 Å². The average Bonchev–Trinajstić information content (AvgIpc) is 2.54. The van der Waals surface area contributed by atoms with Crippen molar-refractivity contribution in [2.45, 2.75) is 6.18 Å². The van der Waals surface area contributed by atoms with Crippen LogP contribution in [-0.2, 0) is 4.79 Å². The standard InChI is InChI=1S/C6H7F3N4OS/c7-6(8,9)2-10-1-4(14)12-5-13-11-3-15-5/h3,10H,1-2H2,(H,12,13,14). The molecule has 84 valence electrons. The van der Waals surface area contributed by atoms with Crippen molar-refractivity contribution >= 4 is 22.4 Å². The van der Waals surface area contributed by atoms with E-state index in [0.29, 0.717) is 0 Å². The molecule has 1 rings (SSSR count).